The molecule has 0 spiro atoms. The number of hydrogen-bond donors (Lipinski definition) is 4. The monoisotopic (exact) mass is 1100 g/mol. The molecule has 0 heterocycles. The number of aromatic hydroxyl groups is 2. The van der Waals surface area contributed by atoms with Crippen molar-refractivity contribution in [3.63, 3.8) is 0 Å². The van der Waals surface area contributed by atoms with Gasteiger partial charge in [-0.2, -0.15) is 0 Å². The number of carbonyl (C=O) groups excluding carboxylic acids is 1. The molecule has 440 valence electrons. The van der Waals surface area contributed by atoms with Crippen LogP contribution in [0.1, 0.15) is 171 Å². The van der Waals surface area contributed by atoms with Crippen molar-refractivity contribution in [2.24, 2.45) is 5.73 Å². The Hall–Kier alpha value is -6.33. The predicted octanol–water partition coefficient (Wildman–Crippen LogP) is 15.4. The van der Waals surface area contributed by atoms with Gasteiger partial charge in [-0.1, -0.05) is 109 Å². The molecule has 0 aliphatic carbocycles. The molecular weight excluding hydrogens is 1000 g/mol. The van der Waals surface area contributed by atoms with Crippen molar-refractivity contribution in [2.45, 2.75) is 182 Å². The van der Waals surface area contributed by atoms with Crippen LogP contribution in [0, 0.1) is 0 Å². The van der Waals surface area contributed by atoms with E-state index in [1.165, 1.54) is 27.8 Å². The number of phenolic OH excluding ortho intramolecular Hbond substituents is 2. The van der Waals surface area contributed by atoms with E-state index in [-0.39, 0.29) is 11.8 Å². The second-order valence-corrected chi connectivity index (χ2v) is 23.8. The highest BCUT2D eigenvalue weighted by Crippen LogP contribution is 2.37. The molecule has 0 radical (unpaired) electrons. The van der Waals surface area contributed by atoms with E-state index in [9.17, 15) is 15.0 Å². The lowest BCUT2D eigenvalue weighted by Gasteiger charge is -2.32. The maximum atomic E-state index is 11.8. The van der Waals surface area contributed by atoms with Crippen LogP contribution < -0.4 is 20.5 Å². The van der Waals surface area contributed by atoms with Crippen molar-refractivity contribution in [1.82, 2.24) is 15.1 Å². The minimum atomic E-state index is -0.495. The molecule has 0 unspecified atom stereocenters. The Kier molecular flexibility index (Phi) is 27.6. The van der Waals surface area contributed by atoms with Crippen LogP contribution in [0.5, 0.6) is 23.0 Å². The van der Waals surface area contributed by atoms with Gasteiger partial charge in [-0.25, -0.2) is 4.79 Å². The van der Waals surface area contributed by atoms with Crippen LogP contribution in [-0.2, 0) is 30.4 Å². The number of nitrogens with zero attached hydrogens (tertiary/aromatic N) is 2. The van der Waals surface area contributed by atoms with Crippen LogP contribution in [0.4, 0.5) is 4.79 Å². The zero-order chi connectivity index (χ0) is 58.7. The summed E-state index contributed by atoms with van der Waals surface area (Å²) in [5.74, 6) is 2.82. The molecule has 81 heavy (non-hydrogen) atoms. The van der Waals surface area contributed by atoms with Gasteiger partial charge in [0.25, 0.3) is 0 Å². The maximum absolute atomic E-state index is 11.8. The highest BCUT2D eigenvalue weighted by Gasteiger charge is 2.24. The van der Waals surface area contributed by atoms with E-state index in [1.54, 1.807) is 0 Å². The summed E-state index contributed by atoms with van der Waals surface area (Å²) in [7, 11) is 0. The number of rotatable bonds is 31. The average molecular weight is 1110 g/mol. The van der Waals surface area contributed by atoms with Gasteiger partial charge in [-0.3, -0.25) is 9.80 Å². The molecule has 0 aliphatic rings. The van der Waals surface area contributed by atoms with E-state index in [0.29, 0.717) is 62.0 Å². The van der Waals surface area contributed by atoms with E-state index in [4.69, 9.17) is 19.9 Å². The maximum Gasteiger partial charge on any atom is 0.407 e. The number of phenols is 2. The highest BCUT2D eigenvalue weighted by molar-refractivity contribution is 5.67. The average Bonchev–Trinajstić information content (AvgIpc) is 3.60. The van der Waals surface area contributed by atoms with Gasteiger partial charge < -0.3 is 35.5 Å². The first-order chi connectivity index (χ1) is 38.8. The first kappa shape index (κ1) is 65.5. The fraction of sp³-hybridized carbons (Fsp3) is 0.479. The molecule has 5 N–H and O–H groups in total. The minimum absolute atomic E-state index is 0.135. The van der Waals surface area contributed by atoms with Crippen LogP contribution in [-0.4, -0.2) is 95.3 Å². The van der Waals surface area contributed by atoms with Crippen LogP contribution in [0.3, 0.4) is 0 Å². The molecule has 2 atom stereocenters. The summed E-state index contributed by atoms with van der Waals surface area (Å²) in [6.07, 6.45) is 9.03. The summed E-state index contributed by atoms with van der Waals surface area (Å²) in [6.45, 7) is 28.1. The predicted molar refractivity (Wildman–Crippen MR) is 336 cm³/mol. The van der Waals surface area contributed by atoms with Crippen LogP contribution in [0.25, 0.3) is 0 Å². The number of alkyl carbamates (subject to hydrolysis) is 1. The summed E-state index contributed by atoms with van der Waals surface area (Å²) >= 11 is 0. The van der Waals surface area contributed by atoms with Gasteiger partial charge in [0, 0.05) is 53.7 Å². The smallest absolute Gasteiger partial charge is 0.407 e. The zero-order valence-corrected chi connectivity index (χ0v) is 51.1. The number of aryl methyl sites for hydroxylation is 2. The summed E-state index contributed by atoms with van der Waals surface area (Å²) in [5.41, 5.74) is 14.6. The molecule has 0 aliphatic heterocycles. The molecule has 6 rings (SSSR count). The van der Waals surface area contributed by atoms with Gasteiger partial charge in [0.15, 0.2) is 0 Å². The van der Waals surface area contributed by atoms with Crippen molar-refractivity contribution in [2.75, 3.05) is 39.4 Å². The molecule has 6 aromatic rings. The number of nitrogens with one attached hydrogen (secondary N) is 1. The van der Waals surface area contributed by atoms with E-state index >= 15 is 0 Å². The van der Waals surface area contributed by atoms with Gasteiger partial charge in [0.1, 0.15) is 28.6 Å². The second kappa shape index (κ2) is 34.2. The molecule has 10 heteroatoms. The van der Waals surface area contributed by atoms with Crippen molar-refractivity contribution in [3.8, 4) is 23.0 Å². The molecule has 0 aromatic heterocycles. The quantitative estimate of drug-likeness (QED) is 0.0315. The molecule has 6 aromatic carbocycles. The van der Waals surface area contributed by atoms with Crippen molar-refractivity contribution < 1.29 is 29.2 Å². The van der Waals surface area contributed by atoms with E-state index in [2.05, 4.69) is 162 Å². The molecular formula is C71H100N4O6. The third kappa shape index (κ3) is 23.2. The lowest BCUT2D eigenvalue weighted by molar-refractivity contribution is 0.0528. The summed E-state index contributed by atoms with van der Waals surface area (Å²) in [5, 5.41) is 24.7. The van der Waals surface area contributed by atoms with E-state index in [1.807, 2.05) is 75.4 Å². The minimum Gasteiger partial charge on any atom is -0.508 e. The Labute approximate surface area is 488 Å². The van der Waals surface area contributed by atoms with E-state index < -0.39 is 11.7 Å². The normalized spacial score (nSPS) is 12.5. The van der Waals surface area contributed by atoms with Crippen LogP contribution >= 0.6 is 0 Å². The lowest BCUT2D eigenvalue weighted by Crippen LogP contribution is -2.38. The standard InChI is InChI=1S/C38H54N2O4.C33H46N2O2/c1-28(2)40(29(3)4)25-23-34(32-14-9-8-10-15-32)35-27-31(18-21-36(35)41)13-11-12-26-43-33-19-16-30(17-20-33)22-24-39-37(42)44-38(5,6)7;1-25(2)35(26(3)4)22-20-31(29-11-6-5-7-12-29)32-24-28(15-18-33(32)36)10-8-9-23-37-30-16-13-27(14-17-30)19-21-34/h8-10,14-21,27-29,34,41H,11-13,22-26H2,1-7H3,(H,39,42);5-7,11-18,24-26,31,36H,8-10,19-23,34H2,1-4H3/t34-;31-/m11/s1. The summed E-state index contributed by atoms with van der Waals surface area (Å²) in [4.78, 5) is 16.9. The number of nitrogens with two attached hydrogens (primary N) is 1. The first-order valence-electron chi connectivity index (χ1n) is 30.2. The molecule has 0 bridgehead atoms. The number of amides is 1. The van der Waals surface area contributed by atoms with Crippen LogP contribution in [0.15, 0.2) is 146 Å². The van der Waals surface area contributed by atoms with Gasteiger partial charge in [-0.05, 0) is 230 Å². The Morgan fingerprint density at radius 1 is 0.506 bits per heavy atom. The lowest BCUT2D eigenvalue weighted by atomic mass is 9.86. The topological polar surface area (TPSA) is 130 Å². The Morgan fingerprint density at radius 2 is 0.889 bits per heavy atom. The second-order valence-electron chi connectivity index (χ2n) is 23.8. The fourth-order valence-electron chi connectivity index (χ4n) is 10.8. The third-order valence-corrected chi connectivity index (χ3v) is 15.0. The Morgan fingerprint density at radius 3 is 1.26 bits per heavy atom. The number of benzene rings is 6. The summed E-state index contributed by atoms with van der Waals surface area (Å²) < 4.78 is 17.2. The summed E-state index contributed by atoms with van der Waals surface area (Å²) in [6, 6.07) is 51.7. The SMILES string of the molecule is CC(C)N(CC[C@H](c1ccccc1)c1cc(CCCCOc2ccc(CCN)cc2)ccc1O)C(C)C.CC(C)N(CC[C@H](c1ccccc1)c1cc(CCCCOc2ccc(CCNC(=O)OC(C)(C)C)cc2)ccc1O)C(C)C. The fourth-order valence-corrected chi connectivity index (χ4v) is 10.8. The largest absolute Gasteiger partial charge is 0.508 e. The number of unbranched alkanes of at least 4 members (excludes halogenated alkanes) is 2. The Bertz CT molecular complexity index is 2670. The van der Waals surface area contributed by atoms with Gasteiger partial charge >= 0.3 is 6.09 Å². The molecule has 10 nitrogen and oxygen atoms in total. The third-order valence-electron chi connectivity index (χ3n) is 15.0. The van der Waals surface area contributed by atoms with Crippen molar-refractivity contribution in [3.05, 3.63) is 190 Å². The molecule has 0 saturated heterocycles. The van der Waals surface area contributed by atoms with Crippen LogP contribution in [0.2, 0.25) is 0 Å². The van der Waals surface area contributed by atoms with Gasteiger partial charge in [0.05, 0.1) is 13.2 Å². The zero-order valence-electron chi connectivity index (χ0n) is 51.1. The highest BCUT2D eigenvalue weighted by atomic mass is 16.6. The molecule has 1 amide bonds. The van der Waals surface area contributed by atoms with Gasteiger partial charge in [-0.15, -0.1) is 0 Å². The number of ether oxygens (including phenoxy) is 3. The van der Waals surface area contributed by atoms with Crippen molar-refractivity contribution >= 4 is 6.09 Å². The molecule has 0 fully saturated rings. The number of hydrogen-bond acceptors (Lipinski definition) is 9. The van der Waals surface area contributed by atoms with E-state index in [0.717, 1.165) is 105 Å². The molecule has 0 saturated carbocycles. The number of carbonyl (C=O) groups is 1. The van der Waals surface area contributed by atoms with Gasteiger partial charge in [0.2, 0.25) is 0 Å². The Balaban J connectivity index is 0.000000302. The van der Waals surface area contributed by atoms with Crippen molar-refractivity contribution in [1.29, 1.82) is 0 Å². The first-order valence-corrected chi connectivity index (χ1v) is 30.2.